The van der Waals surface area contributed by atoms with Crippen molar-refractivity contribution < 1.29 is 14.3 Å². The third-order valence-electron chi connectivity index (χ3n) is 5.02. The number of hydrogen-bond donors (Lipinski definition) is 1. The first kappa shape index (κ1) is 20.6. The Hall–Kier alpha value is -3.09. The van der Waals surface area contributed by atoms with Crippen molar-refractivity contribution in [3.63, 3.8) is 0 Å². The Morgan fingerprint density at radius 1 is 1.03 bits per heavy atom. The lowest BCUT2D eigenvalue weighted by molar-refractivity contribution is 0.0566. The van der Waals surface area contributed by atoms with E-state index >= 15 is 0 Å². The summed E-state index contributed by atoms with van der Waals surface area (Å²) in [5, 5.41) is 3.42. The second-order valence-electron chi connectivity index (χ2n) is 7.31. The van der Waals surface area contributed by atoms with Gasteiger partial charge in [-0.2, -0.15) is 0 Å². The van der Waals surface area contributed by atoms with E-state index < -0.39 is 0 Å². The van der Waals surface area contributed by atoms with Crippen molar-refractivity contribution >= 4 is 23.4 Å². The van der Waals surface area contributed by atoms with E-state index in [1.807, 2.05) is 6.07 Å². The second-order valence-corrected chi connectivity index (χ2v) is 7.31. The number of amides is 2. The highest BCUT2D eigenvalue weighted by Crippen LogP contribution is 2.26. The van der Waals surface area contributed by atoms with Gasteiger partial charge in [0.2, 0.25) is 0 Å². The minimum Gasteiger partial charge on any atom is -0.450 e. The highest BCUT2D eigenvalue weighted by molar-refractivity contribution is 5.93. The number of nitrogens with zero attached hydrogens (tertiary/aromatic N) is 3. The lowest BCUT2D eigenvalue weighted by atomic mass is 10.0. The fourth-order valence-electron chi connectivity index (χ4n) is 3.62. The molecule has 2 amide bonds. The van der Waals surface area contributed by atoms with Crippen molar-refractivity contribution in [2.45, 2.75) is 27.7 Å². The number of carbonyl (C=O) groups is 2. The summed E-state index contributed by atoms with van der Waals surface area (Å²) in [7, 11) is 0. The van der Waals surface area contributed by atoms with E-state index in [4.69, 9.17) is 4.74 Å². The lowest BCUT2D eigenvalue weighted by Crippen LogP contribution is -2.50. The first-order valence-electron chi connectivity index (χ1n) is 9.91. The Morgan fingerprint density at radius 3 is 2.28 bits per heavy atom. The van der Waals surface area contributed by atoms with Gasteiger partial charge in [-0.05, 0) is 51.0 Å². The zero-order valence-electron chi connectivity index (χ0n) is 17.5. The van der Waals surface area contributed by atoms with Crippen LogP contribution in [0.5, 0.6) is 0 Å². The molecule has 1 fully saturated rings. The summed E-state index contributed by atoms with van der Waals surface area (Å²) >= 11 is 0. The molecule has 1 aliphatic rings. The molecule has 7 heteroatoms. The van der Waals surface area contributed by atoms with E-state index in [0.29, 0.717) is 38.5 Å². The number of aryl methyl sites for hydroxylation is 3. The van der Waals surface area contributed by atoms with Crippen LogP contribution in [0.2, 0.25) is 0 Å². The van der Waals surface area contributed by atoms with Gasteiger partial charge >= 0.3 is 6.09 Å². The summed E-state index contributed by atoms with van der Waals surface area (Å²) < 4.78 is 5.02. The molecule has 1 aromatic heterocycles. The Kier molecular flexibility index (Phi) is 6.36. The number of rotatable bonds is 4. The van der Waals surface area contributed by atoms with Crippen LogP contribution in [0.3, 0.4) is 0 Å². The number of nitrogens with one attached hydrogen (secondary N) is 1. The summed E-state index contributed by atoms with van der Waals surface area (Å²) in [6.45, 7) is 10.2. The van der Waals surface area contributed by atoms with Gasteiger partial charge in [0.05, 0.1) is 6.61 Å². The molecule has 1 aromatic carbocycles. The van der Waals surface area contributed by atoms with Crippen LogP contribution in [0, 0.1) is 20.8 Å². The SMILES string of the molecule is CCOC(=O)N1CCN(C(=O)c2cc(Nc3c(C)cc(C)cc3C)ccn2)CC1. The van der Waals surface area contributed by atoms with Gasteiger partial charge in [-0.1, -0.05) is 17.7 Å². The van der Waals surface area contributed by atoms with Gasteiger partial charge in [-0.25, -0.2) is 4.79 Å². The van der Waals surface area contributed by atoms with Crippen LogP contribution in [0.25, 0.3) is 0 Å². The van der Waals surface area contributed by atoms with E-state index in [9.17, 15) is 9.59 Å². The monoisotopic (exact) mass is 396 g/mol. The molecule has 29 heavy (non-hydrogen) atoms. The minimum absolute atomic E-state index is 0.130. The Labute approximate surface area is 171 Å². The summed E-state index contributed by atoms with van der Waals surface area (Å²) in [5.74, 6) is -0.130. The molecule has 0 saturated carbocycles. The van der Waals surface area contributed by atoms with Gasteiger partial charge in [-0.15, -0.1) is 0 Å². The summed E-state index contributed by atoms with van der Waals surface area (Å²) in [6, 6.07) is 7.89. The molecule has 0 bridgehead atoms. The van der Waals surface area contributed by atoms with E-state index in [1.165, 1.54) is 5.56 Å². The fourth-order valence-corrected chi connectivity index (χ4v) is 3.62. The molecule has 0 spiro atoms. The zero-order chi connectivity index (χ0) is 21.0. The average molecular weight is 396 g/mol. The number of piperazine rings is 1. The smallest absolute Gasteiger partial charge is 0.409 e. The van der Waals surface area contributed by atoms with Crippen LogP contribution >= 0.6 is 0 Å². The Morgan fingerprint density at radius 2 is 1.66 bits per heavy atom. The third-order valence-corrected chi connectivity index (χ3v) is 5.02. The highest BCUT2D eigenvalue weighted by atomic mass is 16.6. The van der Waals surface area contributed by atoms with Crippen LogP contribution in [0.4, 0.5) is 16.2 Å². The van der Waals surface area contributed by atoms with Gasteiger partial charge in [-0.3, -0.25) is 9.78 Å². The molecule has 2 heterocycles. The number of carbonyl (C=O) groups excluding carboxylic acids is 2. The predicted octanol–water partition coefficient (Wildman–Crippen LogP) is 3.66. The molecule has 0 unspecified atom stereocenters. The first-order valence-corrected chi connectivity index (χ1v) is 9.91. The predicted molar refractivity (Wildman–Crippen MR) is 113 cm³/mol. The number of hydrogen-bond acceptors (Lipinski definition) is 5. The van der Waals surface area contributed by atoms with E-state index in [1.54, 1.807) is 29.0 Å². The molecule has 0 aliphatic carbocycles. The van der Waals surface area contributed by atoms with Crippen molar-refractivity contribution in [1.82, 2.24) is 14.8 Å². The largest absolute Gasteiger partial charge is 0.450 e. The molecule has 0 radical (unpaired) electrons. The Balaban J connectivity index is 1.69. The van der Waals surface area contributed by atoms with E-state index in [0.717, 1.165) is 22.5 Å². The minimum atomic E-state index is -0.326. The summed E-state index contributed by atoms with van der Waals surface area (Å²) in [4.78, 5) is 32.3. The zero-order valence-corrected chi connectivity index (χ0v) is 17.5. The summed E-state index contributed by atoms with van der Waals surface area (Å²) in [5.41, 5.74) is 5.79. The number of aromatic nitrogens is 1. The summed E-state index contributed by atoms with van der Waals surface area (Å²) in [6.07, 6.45) is 1.32. The highest BCUT2D eigenvalue weighted by Gasteiger charge is 2.26. The van der Waals surface area contributed by atoms with Gasteiger partial charge in [0.15, 0.2) is 0 Å². The number of pyridine rings is 1. The normalized spacial score (nSPS) is 13.9. The topological polar surface area (TPSA) is 74.8 Å². The molecule has 1 N–H and O–H groups in total. The standard InChI is InChI=1S/C22H28N4O3/c1-5-29-22(28)26-10-8-25(9-11-26)21(27)19-14-18(6-7-23-19)24-20-16(3)12-15(2)13-17(20)4/h6-7,12-14H,5,8-11H2,1-4H3,(H,23,24). The number of ether oxygens (including phenoxy) is 1. The Bertz CT molecular complexity index is 882. The molecular formula is C22H28N4O3. The molecule has 7 nitrogen and oxygen atoms in total. The molecule has 1 saturated heterocycles. The number of benzene rings is 1. The van der Waals surface area contributed by atoms with Crippen LogP contribution in [-0.4, -0.2) is 59.6 Å². The molecule has 2 aromatic rings. The molecule has 154 valence electrons. The average Bonchev–Trinajstić information content (AvgIpc) is 2.70. The van der Waals surface area contributed by atoms with E-state index in [2.05, 4.69) is 43.2 Å². The molecule has 1 aliphatic heterocycles. The maximum atomic E-state index is 12.9. The fraction of sp³-hybridized carbons (Fsp3) is 0.409. The van der Waals surface area contributed by atoms with Gasteiger partial charge in [0.1, 0.15) is 5.69 Å². The van der Waals surface area contributed by atoms with Crippen molar-refractivity contribution in [3.8, 4) is 0 Å². The van der Waals surface area contributed by atoms with Crippen LogP contribution in [0.1, 0.15) is 34.1 Å². The van der Waals surface area contributed by atoms with Crippen LogP contribution in [0.15, 0.2) is 30.5 Å². The third kappa shape index (κ3) is 4.85. The number of anilines is 2. The van der Waals surface area contributed by atoms with Crippen LogP contribution < -0.4 is 5.32 Å². The maximum Gasteiger partial charge on any atom is 0.409 e. The molecular weight excluding hydrogens is 368 g/mol. The van der Waals surface area contributed by atoms with Crippen molar-refractivity contribution in [2.24, 2.45) is 0 Å². The van der Waals surface area contributed by atoms with Gasteiger partial charge in [0.25, 0.3) is 5.91 Å². The first-order chi connectivity index (χ1) is 13.9. The maximum absolute atomic E-state index is 12.9. The van der Waals surface area contributed by atoms with E-state index in [-0.39, 0.29) is 12.0 Å². The van der Waals surface area contributed by atoms with Crippen molar-refractivity contribution in [3.05, 3.63) is 52.8 Å². The second kappa shape index (κ2) is 8.94. The lowest BCUT2D eigenvalue weighted by Gasteiger charge is -2.33. The van der Waals surface area contributed by atoms with Crippen LogP contribution in [-0.2, 0) is 4.74 Å². The van der Waals surface area contributed by atoms with Crippen molar-refractivity contribution in [2.75, 3.05) is 38.1 Å². The quantitative estimate of drug-likeness (QED) is 0.854. The molecule has 3 rings (SSSR count). The van der Waals surface area contributed by atoms with Crippen molar-refractivity contribution in [1.29, 1.82) is 0 Å². The van der Waals surface area contributed by atoms with Gasteiger partial charge < -0.3 is 19.9 Å². The van der Waals surface area contributed by atoms with Gasteiger partial charge in [0, 0.05) is 43.8 Å². The molecule has 0 atom stereocenters.